The Hall–Kier alpha value is -2.74. The second-order valence-corrected chi connectivity index (χ2v) is 7.91. The second kappa shape index (κ2) is 8.10. The molecule has 1 atom stereocenters. The van der Waals surface area contributed by atoms with E-state index in [1.54, 1.807) is 18.4 Å². The van der Waals surface area contributed by atoms with Gasteiger partial charge in [-0.05, 0) is 61.4 Å². The van der Waals surface area contributed by atoms with Crippen molar-refractivity contribution in [2.24, 2.45) is 0 Å². The van der Waals surface area contributed by atoms with Crippen LogP contribution in [0.25, 0.3) is 11.6 Å². The van der Waals surface area contributed by atoms with Gasteiger partial charge in [0.15, 0.2) is 5.76 Å². The maximum atomic E-state index is 12.4. The molecule has 1 aliphatic carbocycles. The molecule has 0 bridgehead atoms. The number of thioether (sulfide) groups is 1. The van der Waals surface area contributed by atoms with E-state index in [1.165, 1.54) is 40.4 Å². The van der Waals surface area contributed by atoms with E-state index in [0.29, 0.717) is 16.7 Å². The molecule has 8 heteroatoms. The lowest BCUT2D eigenvalue weighted by atomic mass is 9.89. The van der Waals surface area contributed by atoms with Crippen LogP contribution in [0.2, 0.25) is 0 Å². The van der Waals surface area contributed by atoms with Crippen molar-refractivity contribution in [1.29, 1.82) is 0 Å². The van der Waals surface area contributed by atoms with Crippen molar-refractivity contribution in [2.45, 2.75) is 43.8 Å². The average molecular weight is 398 g/mol. The number of hydrogen-bond acceptors (Lipinski definition) is 6. The molecule has 0 fully saturated rings. The van der Waals surface area contributed by atoms with Crippen LogP contribution in [-0.4, -0.2) is 26.5 Å². The minimum Gasteiger partial charge on any atom is -0.461 e. The summed E-state index contributed by atoms with van der Waals surface area (Å²) in [5.41, 5.74) is 4.00. The first-order valence-electron chi connectivity index (χ1n) is 9.40. The van der Waals surface area contributed by atoms with Gasteiger partial charge in [0.05, 0.1) is 18.1 Å². The molecule has 0 saturated carbocycles. The zero-order chi connectivity index (χ0) is 19.5. The van der Waals surface area contributed by atoms with Gasteiger partial charge in [-0.15, -0.1) is 10.2 Å². The Morgan fingerprint density at radius 1 is 1.29 bits per heavy atom. The van der Waals surface area contributed by atoms with Crippen LogP contribution < -0.4 is 11.2 Å². The number of carbonyl (C=O) groups is 1. The number of nitrogens with two attached hydrogens (primary N) is 1. The Morgan fingerprint density at radius 2 is 2.11 bits per heavy atom. The number of aromatic nitrogens is 3. The molecular weight excluding hydrogens is 374 g/mol. The van der Waals surface area contributed by atoms with E-state index in [0.717, 1.165) is 18.4 Å². The summed E-state index contributed by atoms with van der Waals surface area (Å²) >= 11 is 1.24. The van der Waals surface area contributed by atoms with Crippen molar-refractivity contribution < 1.29 is 9.21 Å². The Bertz CT molecular complexity index is 967. The van der Waals surface area contributed by atoms with Gasteiger partial charge in [0.25, 0.3) is 0 Å². The Labute approximate surface area is 167 Å². The molecule has 4 rings (SSSR count). The zero-order valence-electron chi connectivity index (χ0n) is 15.7. The first-order valence-corrected chi connectivity index (χ1v) is 10.4. The molecule has 1 amide bonds. The van der Waals surface area contributed by atoms with Crippen molar-refractivity contribution in [3.05, 3.63) is 53.3 Å². The lowest BCUT2D eigenvalue weighted by Crippen LogP contribution is -2.28. The molecule has 1 aliphatic rings. The number of carbonyl (C=O) groups excluding carboxylic acids is 1. The van der Waals surface area contributed by atoms with E-state index in [2.05, 4.69) is 33.7 Å². The third kappa shape index (κ3) is 3.91. The molecule has 146 valence electrons. The number of benzene rings is 1. The first-order chi connectivity index (χ1) is 13.6. The molecule has 28 heavy (non-hydrogen) atoms. The van der Waals surface area contributed by atoms with Gasteiger partial charge in [-0.3, -0.25) is 4.79 Å². The lowest BCUT2D eigenvalue weighted by Gasteiger charge is -2.20. The van der Waals surface area contributed by atoms with E-state index in [9.17, 15) is 4.79 Å². The number of amides is 1. The topological polar surface area (TPSA) is 99.0 Å². The Morgan fingerprint density at radius 3 is 2.89 bits per heavy atom. The fraction of sp³-hybridized carbons (Fsp3) is 0.350. The average Bonchev–Trinajstić information content (AvgIpc) is 3.35. The van der Waals surface area contributed by atoms with Crippen LogP contribution in [0.5, 0.6) is 0 Å². The van der Waals surface area contributed by atoms with Gasteiger partial charge >= 0.3 is 0 Å². The second-order valence-electron chi connectivity index (χ2n) is 6.97. The van der Waals surface area contributed by atoms with Crippen LogP contribution >= 0.6 is 11.8 Å². The highest BCUT2D eigenvalue weighted by Crippen LogP contribution is 2.25. The molecule has 0 aliphatic heterocycles. The molecule has 0 unspecified atom stereocenters. The summed E-state index contributed by atoms with van der Waals surface area (Å²) in [6, 6.07) is 10.0. The van der Waals surface area contributed by atoms with E-state index >= 15 is 0 Å². The van der Waals surface area contributed by atoms with Crippen molar-refractivity contribution in [2.75, 3.05) is 11.6 Å². The standard InChI is InChI=1S/C20H23N5O2S/c1-13(15-9-8-14-5-2-3-6-16(14)11-15)22-18(26)12-28-20-24-23-19(25(20)21)17-7-4-10-27-17/h4,7-11,13H,2-3,5-6,12,21H2,1H3,(H,22,26)/t13-/m0/s1. The van der Waals surface area contributed by atoms with Crippen LogP contribution in [0.3, 0.4) is 0 Å². The molecule has 1 aromatic carbocycles. The van der Waals surface area contributed by atoms with Gasteiger partial charge in [-0.2, -0.15) is 0 Å². The summed E-state index contributed by atoms with van der Waals surface area (Å²) in [5, 5.41) is 11.6. The van der Waals surface area contributed by atoms with Gasteiger partial charge < -0.3 is 15.6 Å². The van der Waals surface area contributed by atoms with Crippen molar-refractivity contribution in [3.63, 3.8) is 0 Å². The van der Waals surface area contributed by atoms with Crippen LogP contribution in [0, 0.1) is 0 Å². The van der Waals surface area contributed by atoms with E-state index in [1.807, 2.05) is 6.92 Å². The monoisotopic (exact) mass is 397 g/mol. The predicted octanol–water partition coefficient (Wildman–Crippen LogP) is 3.10. The van der Waals surface area contributed by atoms with Gasteiger partial charge in [-0.25, -0.2) is 4.68 Å². The summed E-state index contributed by atoms with van der Waals surface area (Å²) in [6.45, 7) is 2.01. The van der Waals surface area contributed by atoms with Crippen LogP contribution in [0.15, 0.2) is 46.2 Å². The largest absolute Gasteiger partial charge is 0.461 e. The van der Waals surface area contributed by atoms with E-state index < -0.39 is 0 Å². The molecular formula is C20H23N5O2S. The lowest BCUT2D eigenvalue weighted by molar-refractivity contribution is -0.119. The van der Waals surface area contributed by atoms with Crippen LogP contribution in [0.1, 0.15) is 42.5 Å². The smallest absolute Gasteiger partial charge is 0.230 e. The minimum atomic E-state index is -0.0715. The van der Waals surface area contributed by atoms with Gasteiger partial charge in [-0.1, -0.05) is 30.0 Å². The Balaban J connectivity index is 1.35. The molecule has 2 aromatic heterocycles. The fourth-order valence-electron chi connectivity index (χ4n) is 3.47. The normalized spacial score (nSPS) is 14.5. The number of nitrogen functional groups attached to an aromatic ring is 1. The van der Waals surface area contributed by atoms with Gasteiger partial charge in [0, 0.05) is 0 Å². The number of furan rings is 1. The first kappa shape index (κ1) is 18.6. The van der Waals surface area contributed by atoms with Gasteiger partial charge in [0.1, 0.15) is 0 Å². The molecule has 7 nitrogen and oxygen atoms in total. The van der Waals surface area contributed by atoms with Crippen LogP contribution in [-0.2, 0) is 17.6 Å². The summed E-state index contributed by atoms with van der Waals surface area (Å²) in [4.78, 5) is 12.4. The highest BCUT2D eigenvalue weighted by Gasteiger charge is 2.17. The fourth-order valence-corrected chi connectivity index (χ4v) is 4.14. The summed E-state index contributed by atoms with van der Waals surface area (Å²) in [7, 11) is 0. The zero-order valence-corrected chi connectivity index (χ0v) is 16.5. The predicted molar refractivity (Wildman–Crippen MR) is 108 cm³/mol. The molecule has 2 heterocycles. The maximum Gasteiger partial charge on any atom is 0.230 e. The minimum absolute atomic E-state index is 0.0465. The molecule has 0 radical (unpaired) electrons. The number of nitrogens with zero attached hydrogens (tertiary/aromatic N) is 3. The number of fused-ring (bicyclic) bond motifs is 1. The van der Waals surface area contributed by atoms with E-state index in [-0.39, 0.29) is 17.7 Å². The summed E-state index contributed by atoms with van der Waals surface area (Å²) in [6.07, 6.45) is 6.35. The van der Waals surface area contributed by atoms with Crippen molar-refractivity contribution in [3.8, 4) is 11.6 Å². The highest BCUT2D eigenvalue weighted by atomic mass is 32.2. The maximum absolute atomic E-state index is 12.4. The molecule has 3 N–H and O–H groups in total. The van der Waals surface area contributed by atoms with Crippen molar-refractivity contribution in [1.82, 2.24) is 20.2 Å². The highest BCUT2D eigenvalue weighted by molar-refractivity contribution is 7.99. The molecule has 3 aromatic rings. The van der Waals surface area contributed by atoms with Gasteiger partial charge in [0.2, 0.25) is 16.9 Å². The number of hydrogen-bond donors (Lipinski definition) is 2. The molecule has 0 spiro atoms. The number of rotatable bonds is 6. The quantitative estimate of drug-likeness (QED) is 0.490. The third-order valence-electron chi connectivity index (χ3n) is 4.99. The SMILES string of the molecule is C[C@H](NC(=O)CSc1nnc(-c2ccco2)n1N)c1ccc2c(c1)CCCC2. The number of aryl methyl sites for hydroxylation is 2. The van der Waals surface area contributed by atoms with E-state index in [4.69, 9.17) is 10.3 Å². The van der Waals surface area contributed by atoms with Crippen molar-refractivity contribution >= 4 is 17.7 Å². The van der Waals surface area contributed by atoms with Crippen LogP contribution in [0.4, 0.5) is 0 Å². The Kier molecular flexibility index (Phi) is 5.38. The number of nitrogens with one attached hydrogen (secondary N) is 1. The molecule has 0 saturated heterocycles. The summed E-state index contributed by atoms with van der Waals surface area (Å²) in [5.74, 6) is 7.12. The third-order valence-corrected chi connectivity index (χ3v) is 5.93. The summed E-state index contributed by atoms with van der Waals surface area (Å²) < 4.78 is 6.63.